The lowest BCUT2D eigenvalue weighted by Crippen LogP contribution is -2.27. The average molecular weight is 416 g/mol. The summed E-state index contributed by atoms with van der Waals surface area (Å²) in [5.74, 6) is 1.36. The molecule has 0 spiro atoms. The van der Waals surface area contributed by atoms with Crippen molar-refractivity contribution in [1.29, 1.82) is 0 Å². The second-order valence-corrected chi connectivity index (χ2v) is 8.61. The molecular weight excluding hydrogens is 392 g/mol. The van der Waals surface area contributed by atoms with Gasteiger partial charge in [-0.25, -0.2) is 8.42 Å². The molecule has 0 aliphatic carbocycles. The summed E-state index contributed by atoms with van der Waals surface area (Å²) in [7, 11) is 2.28. The lowest BCUT2D eigenvalue weighted by molar-refractivity contribution is 0.319. The van der Waals surface area contributed by atoms with Crippen LogP contribution in [-0.2, 0) is 16.6 Å². The standard InChI is InChI=1S/C21H24N2O5S/c1-14-11-15-7-6-8-18(19(15)22-12-14)29(24,25)23(2)13-16-9-10-17(26-3)21(28-5)20(16)27-4/h6-12H,13H2,1-5H3. The molecular formula is C21H24N2O5S. The summed E-state index contributed by atoms with van der Waals surface area (Å²) >= 11 is 0. The van der Waals surface area contributed by atoms with Crippen LogP contribution in [0.2, 0.25) is 0 Å². The van der Waals surface area contributed by atoms with Gasteiger partial charge in [-0.15, -0.1) is 0 Å². The quantitative estimate of drug-likeness (QED) is 0.588. The fraction of sp³-hybridized carbons (Fsp3) is 0.286. The van der Waals surface area contributed by atoms with E-state index in [1.807, 2.05) is 19.1 Å². The number of aryl methyl sites for hydroxylation is 1. The van der Waals surface area contributed by atoms with E-state index in [2.05, 4.69) is 4.98 Å². The molecule has 3 rings (SSSR count). The van der Waals surface area contributed by atoms with E-state index in [1.165, 1.54) is 32.7 Å². The zero-order chi connectivity index (χ0) is 21.2. The molecule has 8 heteroatoms. The predicted octanol–water partition coefficient (Wildman–Crippen LogP) is 3.39. The molecule has 0 aliphatic rings. The lowest BCUT2D eigenvalue weighted by atomic mass is 10.1. The van der Waals surface area contributed by atoms with Gasteiger partial charge < -0.3 is 14.2 Å². The maximum Gasteiger partial charge on any atom is 0.245 e. The van der Waals surface area contributed by atoms with Gasteiger partial charge >= 0.3 is 0 Å². The van der Waals surface area contributed by atoms with Crippen LogP contribution >= 0.6 is 0 Å². The van der Waals surface area contributed by atoms with E-state index in [1.54, 1.807) is 30.5 Å². The van der Waals surface area contributed by atoms with Crippen LogP contribution in [0.1, 0.15) is 11.1 Å². The molecule has 0 amide bonds. The van der Waals surface area contributed by atoms with E-state index in [-0.39, 0.29) is 11.4 Å². The highest BCUT2D eigenvalue weighted by Gasteiger charge is 2.26. The smallest absolute Gasteiger partial charge is 0.245 e. The second kappa shape index (κ2) is 8.26. The molecule has 29 heavy (non-hydrogen) atoms. The van der Waals surface area contributed by atoms with E-state index in [0.29, 0.717) is 28.3 Å². The molecule has 2 aromatic carbocycles. The van der Waals surface area contributed by atoms with Crippen molar-refractivity contribution in [3.8, 4) is 17.2 Å². The minimum atomic E-state index is -3.79. The highest BCUT2D eigenvalue weighted by Crippen LogP contribution is 2.40. The molecule has 3 aromatic rings. The molecule has 0 aliphatic heterocycles. The van der Waals surface area contributed by atoms with Gasteiger partial charge in [0.15, 0.2) is 11.5 Å². The minimum absolute atomic E-state index is 0.0914. The van der Waals surface area contributed by atoms with Crippen LogP contribution < -0.4 is 14.2 Å². The Morgan fingerprint density at radius 2 is 1.72 bits per heavy atom. The number of nitrogens with zero attached hydrogens (tertiary/aromatic N) is 2. The zero-order valence-corrected chi connectivity index (χ0v) is 17.9. The number of rotatable bonds is 7. The van der Waals surface area contributed by atoms with Crippen LogP contribution in [-0.4, -0.2) is 46.1 Å². The number of benzene rings is 2. The highest BCUT2D eigenvalue weighted by molar-refractivity contribution is 7.89. The van der Waals surface area contributed by atoms with Gasteiger partial charge in [0.2, 0.25) is 15.8 Å². The molecule has 1 heterocycles. The number of para-hydroxylation sites is 1. The van der Waals surface area contributed by atoms with Crippen LogP contribution in [0.15, 0.2) is 47.5 Å². The second-order valence-electron chi connectivity index (χ2n) is 6.60. The van der Waals surface area contributed by atoms with Gasteiger partial charge in [0.05, 0.1) is 26.8 Å². The van der Waals surface area contributed by atoms with Gasteiger partial charge in [-0.1, -0.05) is 18.2 Å². The van der Waals surface area contributed by atoms with Gasteiger partial charge in [-0.2, -0.15) is 4.31 Å². The fourth-order valence-corrected chi connectivity index (χ4v) is 4.54. The number of fused-ring (bicyclic) bond motifs is 1. The first kappa shape index (κ1) is 20.9. The first-order chi connectivity index (χ1) is 13.8. The largest absolute Gasteiger partial charge is 0.493 e. The summed E-state index contributed by atoms with van der Waals surface area (Å²) < 4.78 is 44.0. The van der Waals surface area contributed by atoms with Crippen molar-refractivity contribution in [3.05, 3.63) is 53.7 Å². The summed E-state index contributed by atoms with van der Waals surface area (Å²) in [4.78, 5) is 4.52. The van der Waals surface area contributed by atoms with Gasteiger partial charge in [-0.05, 0) is 30.7 Å². The maximum atomic E-state index is 13.3. The van der Waals surface area contributed by atoms with Gasteiger partial charge in [-0.3, -0.25) is 4.98 Å². The third-order valence-electron chi connectivity index (χ3n) is 4.68. The fourth-order valence-electron chi connectivity index (χ4n) is 3.23. The molecule has 0 radical (unpaired) electrons. The van der Waals surface area contributed by atoms with Crippen molar-refractivity contribution in [2.24, 2.45) is 0 Å². The first-order valence-corrected chi connectivity index (χ1v) is 10.4. The zero-order valence-electron chi connectivity index (χ0n) is 17.1. The molecule has 0 bridgehead atoms. The Kier molecular flexibility index (Phi) is 5.95. The maximum absolute atomic E-state index is 13.3. The lowest BCUT2D eigenvalue weighted by Gasteiger charge is -2.21. The van der Waals surface area contributed by atoms with Crippen molar-refractivity contribution in [2.75, 3.05) is 28.4 Å². The number of aromatic nitrogens is 1. The Balaban J connectivity index is 2.02. The Labute approximate surface area is 170 Å². The first-order valence-electron chi connectivity index (χ1n) is 8.93. The van der Waals surface area contributed by atoms with E-state index >= 15 is 0 Å². The molecule has 0 saturated carbocycles. The Hall–Kier alpha value is -2.84. The number of pyridine rings is 1. The summed E-state index contributed by atoms with van der Waals surface area (Å²) in [6.45, 7) is 2.01. The van der Waals surface area contributed by atoms with Crippen molar-refractivity contribution in [1.82, 2.24) is 9.29 Å². The highest BCUT2D eigenvalue weighted by atomic mass is 32.2. The topological polar surface area (TPSA) is 78.0 Å². The number of methoxy groups -OCH3 is 3. The molecule has 7 nitrogen and oxygen atoms in total. The number of sulfonamides is 1. The summed E-state index contributed by atoms with van der Waals surface area (Å²) in [6.07, 6.45) is 1.67. The third kappa shape index (κ3) is 3.86. The normalized spacial score (nSPS) is 11.7. The molecule has 0 N–H and O–H groups in total. The third-order valence-corrected chi connectivity index (χ3v) is 6.51. The average Bonchev–Trinajstić information content (AvgIpc) is 2.72. The van der Waals surface area contributed by atoms with Crippen molar-refractivity contribution in [3.63, 3.8) is 0 Å². The summed E-state index contributed by atoms with van der Waals surface area (Å²) in [5, 5.41) is 0.781. The van der Waals surface area contributed by atoms with Gasteiger partial charge in [0, 0.05) is 30.7 Å². The van der Waals surface area contributed by atoms with Gasteiger partial charge in [0.25, 0.3) is 0 Å². The van der Waals surface area contributed by atoms with Crippen LogP contribution in [0.3, 0.4) is 0 Å². The Morgan fingerprint density at radius 1 is 1.00 bits per heavy atom. The van der Waals surface area contributed by atoms with Crippen molar-refractivity contribution >= 4 is 20.9 Å². The SMILES string of the molecule is COc1ccc(CN(C)S(=O)(=O)c2cccc3cc(C)cnc23)c(OC)c1OC. The number of hydrogen-bond donors (Lipinski definition) is 0. The summed E-state index contributed by atoms with van der Waals surface area (Å²) in [5.41, 5.74) is 2.07. The minimum Gasteiger partial charge on any atom is -0.493 e. The van der Waals surface area contributed by atoms with Crippen LogP contribution in [0, 0.1) is 6.92 Å². The molecule has 154 valence electrons. The molecule has 0 atom stereocenters. The Bertz CT molecular complexity index is 1150. The van der Waals surface area contributed by atoms with E-state index < -0.39 is 10.0 Å². The van der Waals surface area contributed by atoms with Crippen molar-refractivity contribution in [2.45, 2.75) is 18.4 Å². The molecule has 0 fully saturated rings. The van der Waals surface area contributed by atoms with Crippen LogP contribution in [0.25, 0.3) is 10.9 Å². The monoisotopic (exact) mass is 416 g/mol. The molecule has 1 aromatic heterocycles. The Morgan fingerprint density at radius 3 is 2.38 bits per heavy atom. The van der Waals surface area contributed by atoms with Crippen LogP contribution in [0.4, 0.5) is 0 Å². The molecule has 0 unspecified atom stereocenters. The van der Waals surface area contributed by atoms with Crippen molar-refractivity contribution < 1.29 is 22.6 Å². The number of hydrogen-bond acceptors (Lipinski definition) is 6. The van der Waals surface area contributed by atoms with Crippen LogP contribution in [0.5, 0.6) is 17.2 Å². The van der Waals surface area contributed by atoms with E-state index in [9.17, 15) is 8.42 Å². The molecule has 0 saturated heterocycles. The van der Waals surface area contributed by atoms with E-state index in [4.69, 9.17) is 14.2 Å². The van der Waals surface area contributed by atoms with Gasteiger partial charge in [0.1, 0.15) is 4.90 Å². The predicted molar refractivity (Wildman–Crippen MR) is 111 cm³/mol. The van der Waals surface area contributed by atoms with E-state index in [0.717, 1.165) is 10.9 Å². The number of ether oxygens (including phenoxy) is 3. The summed E-state index contributed by atoms with van der Waals surface area (Å²) in [6, 6.07) is 10.5.